The zero-order valence-corrected chi connectivity index (χ0v) is 11.6. The number of nitrogens with zero attached hydrogens (tertiary/aromatic N) is 3. The number of urea groups is 1. The van der Waals surface area contributed by atoms with E-state index in [0.29, 0.717) is 5.13 Å². The Labute approximate surface area is 114 Å². The molecule has 0 saturated heterocycles. The third-order valence-corrected chi connectivity index (χ3v) is 3.14. The van der Waals surface area contributed by atoms with E-state index in [0.717, 1.165) is 16.3 Å². The number of aliphatic carboxylic acids is 1. The lowest BCUT2D eigenvalue weighted by Crippen LogP contribution is -2.40. The van der Waals surface area contributed by atoms with E-state index in [1.807, 2.05) is 6.92 Å². The largest absolute Gasteiger partial charge is 0.480 e. The number of nitrogens with one attached hydrogen (secondary N) is 1. The molecule has 0 radical (unpaired) electrons. The van der Waals surface area contributed by atoms with Crippen LogP contribution in [0.4, 0.5) is 9.93 Å². The molecule has 0 aromatic carbocycles. The fraction of sp³-hybridized carbons (Fsp3) is 0.600. The Balaban J connectivity index is 2.61. The molecule has 9 heteroatoms. The summed E-state index contributed by atoms with van der Waals surface area (Å²) in [6, 6.07) is -0.529. The molecule has 1 aromatic heterocycles. The number of amides is 2. The molecule has 1 aromatic rings. The fourth-order valence-electron chi connectivity index (χ4n) is 1.23. The zero-order chi connectivity index (χ0) is 14.3. The minimum absolute atomic E-state index is 0.189. The second-order valence-electron chi connectivity index (χ2n) is 3.59. The van der Waals surface area contributed by atoms with Crippen molar-refractivity contribution in [3.8, 4) is 0 Å². The average Bonchev–Trinajstić information content (AvgIpc) is 2.81. The van der Waals surface area contributed by atoms with Gasteiger partial charge in [-0.1, -0.05) is 18.3 Å². The third-order valence-electron chi connectivity index (χ3n) is 2.16. The van der Waals surface area contributed by atoms with Crippen LogP contribution in [0.1, 0.15) is 11.9 Å². The summed E-state index contributed by atoms with van der Waals surface area (Å²) in [5.41, 5.74) is 0. The van der Waals surface area contributed by atoms with Crippen LogP contribution in [0, 0.1) is 0 Å². The first-order chi connectivity index (χ1) is 9.06. The van der Waals surface area contributed by atoms with Crippen molar-refractivity contribution in [3.63, 3.8) is 0 Å². The van der Waals surface area contributed by atoms with Crippen LogP contribution in [0.5, 0.6) is 0 Å². The van der Waals surface area contributed by atoms with Gasteiger partial charge in [0.25, 0.3) is 0 Å². The summed E-state index contributed by atoms with van der Waals surface area (Å²) in [6.45, 7) is 1.99. The minimum atomic E-state index is -1.09. The fourth-order valence-corrected chi connectivity index (χ4v) is 1.90. The number of carbonyl (C=O) groups is 2. The first-order valence-electron chi connectivity index (χ1n) is 5.65. The maximum absolute atomic E-state index is 11.9. The van der Waals surface area contributed by atoms with Crippen LogP contribution in [0.25, 0.3) is 0 Å². The van der Waals surface area contributed by atoms with Gasteiger partial charge in [0.2, 0.25) is 5.13 Å². The quantitative estimate of drug-likeness (QED) is 0.764. The topological polar surface area (TPSA) is 105 Å². The number of carboxylic acids is 1. The molecule has 8 nitrogen and oxygen atoms in total. The molecule has 0 bridgehead atoms. The van der Waals surface area contributed by atoms with Gasteiger partial charge < -0.3 is 14.7 Å². The van der Waals surface area contributed by atoms with Crippen molar-refractivity contribution in [2.24, 2.45) is 0 Å². The lowest BCUT2D eigenvalue weighted by Gasteiger charge is -2.19. The number of rotatable bonds is 7. The van der Waals surface area contributed by atoms with Crippen LogP contribution in [-0.2, 0) is 16.0 Å². The number of hydrogen-bond acceptors (Lipinski definition) is 6. The van der Waals surface area contributed by atoms with Crippen LogP contribution in [0.15, 0.2) is 0 Å². The molecule has 2 amide bonds. The number of methoxy groups -OCH3 is 1. The van der Waals surface area contributed by atoms with Gasteiger partial charge in [0, 0.05) is 13.7 Å². The first-order valence-corrected chi connectivity index (χ1v) is 6.47. The molecule has 0 aliphatic carbocycles. The maximum Gasteiger partial charge on any atom is 0.324 e. The van der Waals surface area contributed by atoms with Crippen molar-refractivity contribution in [1.29, 1.82) is 0 Å². The Kier molecular flexibility index (Phi) is 6.16. The number of anilines is 1. The van der Waals surface area contributed by atoms with Gasteiger partial charge >= 0.3 is 12.0 Å². The van der Waals surface area contributed by atoms with Gasteiger partial charge in [0.1, 0.15) is 11.6 Å². The number of hydrogen-bond donors (Lipinski definition) is 2. The van der Waals surface area contributed by atoms with Crippen molar-refractivity contribution in [3.05, 3.63) is 5.01 Å². The highest BCUT2D eigenvalue weighted by Gasteiger charge is 2.18. The molecule has 1 heterocycles. The predicted molar refractivity (Wildman–Crippen MR) is 69.4 cm³/mol. The Morgan fingerprint density at radius 3 is 2.74 bits per heavy atom. The molecular weight excluding hydrogens is 272 g/mol. The lowest BCUT2D eigenvalue weighted by atomic mass is 10.5. The number of aromatic nitrogens is 2. The van der Waals surface area contributed by atoms with Crippen molar-refractivity contribution in [2.75, 3.05) is 32.1 Å². The van der Waals surface area contributed by atoms with E-state index in [9.17, 15) is 9.59 Å². The van der Waals surface area contributed by atoms with E-state index in [1.54, 1.807) is 0 Å². The van der Waals surface area contributed by atoms with E-state index in [4.69, 9.17) is 9.84 Å². The third kappa shape index (κ3) is 5.18. The summed E-state index contributed by atoms with van der Waals surface area (Å²) in [7, 11) is 1.48. The molecule has 2 N–H and O–H groups in total. The summed E-state index contributed by atoms with van der Waals surface area (Å²) >= 11 is 1.26. The van der Waals surface area contributed by atoms with Crippen molar-refractivity contribution >= 4 is 28.5 Å². The van der Waals surface area contributed by atoms with E-state index in [1.165, 1.54) is 18.4 Å². The van der Waals surface area contributed by atoms with Gasteiger partial charge in [0.15, 0.2) is 0 Å². The number of carbonyl (C=O) groups excluding carboxylic acids is 1. The summed E-state index contributed by atoms with van der Waals surface area (Å²) in [5.74, 6) is -1.09. The normalized spacial score (nSPS) is 10.2. The average molecular weight is 288 g/mol. The highest BCUT2D eigenvalue weighted by atomic mass is 32.1. The second kappa shape index (κ2) is 7.64. The molecule has 0 aliphatic heterocycles. The molecule has 0 aliphatic rings. The maximum atomic E-state index is 11.9. The van der Waals surface area contributed by atoms with Gasteiger partial charge in [-0.15, -0.1) is 10.2 Å². The van der Waals surface area contributed by atoms with Gasteiger partial charge in [0.05, 0.1) is 6.61 Å². The van der Waals surface area contributed by atoms with Crippen molar-refractivity contribution in [1.82, 2.24) is 15.1 Å². The van der Waals surface area contributed by atoms with Crippen LogP contribution < -0.4 is 5.32 Å². The molecule has 106 valence electrons. The van der Waals surface area contributed by atoms with Crippen LogP contribution >= 0.6 is 11.3 Å². The molecule has 0 saturated carbocycles. The van der Waals surface area contributed by atoms with E-state index in [2.05, 4.69) is 15.5 Å². The first kappa shape index (κ1) is 15.3. The molecule has 19 heavy (non-hydrogen) atoms. The number of carboxylic acid groups (broad SMARTS) is 1. The molecule has 0 unspecified atom stereocenters. The Bertz CT molecular complexity index is 437. The highest BCUT2D eigenvalue weighted by molar-refractivity contribution is 7.15. The molecule has 1 rings (SSSR count). The Morgan fingerprint density at radius 2 is 2.21 bits per heavy atom. The van der Waals surface area contributed by atoms with Crippen LogP contribution in [-0.4, -0.2) is 59.0 Å². The Morgan fingerprint density at radius 1 is 1.47 bits per heavy atom. The molecule has 0 spiro atoms. The number of ether oxygens (including phenoxy) is 1. The van der Waals surface area contributed by atoms with Crippen molar-refractivity contribution in [2.45, 2.75) is 13.3 Å². The molecule has 0 atom stereocenters. The summed E-state index contributed by atoms with van der Waals surface area (Å²) in [5, 5.41) is 20.1. The van der Waals surface area contributed by atoms with Gasteiger partial charge in [-0.2, -0.15) is 0 Å². The second-order valence-corrected chi connectivity index (χ2v) is 4.65. The minimum Gasteiger partial charge on any atom is -0.480 e. The van der Waals surface area contributed by atoms with Crippen LogP contribution in [0.2, 0.25) is 0 Å². The zero-order valence-electron chi connectivity index (χ0n) is 10.8. The summed E-state index contributed by atoms with van der Waals surface area (Å²) in [6.07, 6.45) is 0.732. The smallest absolute Gasteiger partial charge is 0.324 e. The number of aryl methyl sites for hydroxylation is 1. The summed E-state index contributed by atoms with van der Waals surface area (Å²) in [4.78, 5) is 23.7. The highest BCUT2D eigenvalue weighted by Crippen LogP contribution is 2.15. The van der Waals surface area contributed by atoms with Crippen LogP contribution in [0.3, 0.4) is 0 Å². The molecule has 0 fully saturated rings. The Hall–Kier alpha value is -1.74. The SMILES string of the molecule is CCc1nnc(NC(=O)N(CCOC)CC(=O)O)s1. The predicted octanol–water partition coefficient (Wildman–Crippen LogP) is 0.665. The van der Waals surface area contributed by atoms with Gasteiger partial charge in [-0.25, -0.2) is 4.79 Å². The van der Waals surface area contributed by atoms with E-state index in [-0.39, 0.29) is 13.2 Å². The van der Waals surface area contributed by atoms with E-state index < -0.39 is 18.5 Å². The van der Waals surface area contributed by atoms with Gasteiger partial charge in [-0.05, 0) is 6.42 Å². The van der Waals surface area contributed by atoms with Crippen molar-refractivity contribution < 1.29 is 19.4 Å². The monoisotopic (exact) mass is 288 g/mol. The summed E-state index contributed by atoms with van der Waals surface area (Å²) < 4.78 is 4.84. The van der Waals surface area contributed by atoms with Gasteiger partial charge in [-0.3, -0.25) is 10.1 Å². The molecular formula is C10H16N4O4S. The lowest BCUT2D eigenvalue weighted by molar-refractivity contribution is -0.137. The standard InChI is InChI=1S/C10H16N4O4S/c1-3-7-12-13-9(19-7)11-10(17)14(4-5-18-2)6-8(15)16/h3-6H2,1-2H3,(H,15,16)(H,11,13,17). The van der Waals surface area contributed by atoms with E-state index >= 15 is 0 Å².